The van der Waals surface area contributed by atoms with E-state index >= 15 is 0 Å². The number of benzene rings is 2. The SMILES string of the molecule is N#CC(C#N)=C(/C=N/Nc1ccccc1C(=O)O)c1ccccc1. The quantitative estimate of drug-likeness (QED) is 0.500. The van der Waals surface area contributed by atoms with Crippen molar-refractivity contribution < 1.29 is 9.90 Å². The molecular formula is C18H12N4O2. The van der Waals surface area contributed by atoms with Crippen LogP contribution in [0.15, 0.2) is 65.3 Å². The van der Waals surface area contributed by atoms with Crippen molar-refractivity contribution in [1.29, 1.82) is 10.5 Å². The van der Waals surface area contributed by atoms with Gasteiger partial charge in [-0.15, -0.1) is 0 Å². The summed E-state index contributed by atoms with van der Waals surface area (Å²) in [6, 6.07) is 18.9. The maximum atomic E-state index is 11.2. The van der Waals surface area contributed by atoms with Crippen LogP contribution in [0.1, 0.15) is 15.9 Å². The highest BCUT2D eigenvalue weighted by molar-refractivity contribution is 6.13. The van der Waals surface area contributed by atoms with Gasteiger partial charge in [-0.3, -0.25) is 5.43 Å². The zero-order valence-electron chi connectivity index (χ0n) is 12.5. The third-order valence-corrected chi connectivity index (χ3v) is 3.11. The van der Waals surface area contributed by atoms with Crippen LogP contribution in [0.25, 0.3) is 5.57 Å². The summed E-state index contributed by atoms with van der Waals surface area (Å²) in [6.07, 6.45) is 1.33. The lowest BCUT2D eigenvalue weighted by atomic mass is 10.0. The number of hydrogen-bond acceptors (Lipinski definition) is 5. The van der Waals surface area contributed by atoms with Gasteiger partial charge in [-0.05, 0) is 17.7 Å². The Morgan fingerprint density at radius 3 is 2.29 bits per heavy atom. The average molecular weight is 316 g/mol. The highest BCUT2D eigenvalue weighted by Gasteiger charge is 2.09. The van der Waals surface area contributed by atoms with Gasteiger partial charge in [0.25, 0.3) is 0 Å². The van der Waals surface area contributed by atoms with Crippen LogP contribution in [-0.2, 0) is 0 Å². The molecule has 0 saturated carbocycles. The Morgan fingerprint density at radius 2 is 1.67 bits per heavy atom. The molecule has 2 aromatic rings. The van der Waals surface area contributed by atoms with Crippen LogP contribution in [0.3, 0.4) is 0 Å². The van der Waals surface area contributed by atoms with Gasteiger partial charge in [0.05, 0.1) is 17.5 Å². The number of aromatic carboxylic acids is 1. The Labute approximate surface area is 138 Å². The van der Waals surface area contributed by atoms with Gasteiger partial charge in [0.15, 0.2) is 0 Å². The number of allylic oxidation sites excluding steroid dienone is 2. The zero-order chi connectivity index (χ0) is 17.4. The van der Waals surface area contributed by atoms with Gasteiger partial charge in [0, 0.05) is 5.57 Å². The van der Waals surface area contributed by atoms with Crippen molar-refractivity contribution in [2.24, 2.45) is 5.10 Å². The maximum absolute atomic E-state index is 11.2. The Hall–Kier alpha value is -3.90. The largest absolute Gasteiger partial charge is 0.478 e. The molecule has 0 saturated heterocycles. The predicted octanol–water partition coefficient (Wildman–Crippen LogP) is 3.28. The second-order valence-corrected chi connectivity index (χ2v) is 4.60. The number of carbonyl (C=O) groups is 1. The summed E-state index contributed by atoms with van der Waals surface area (Å²) < 4.78 is 0. The molecule has 0 aromatic heterocycles. The van der Waals surface area contributed by atoms with Crippen molar-refractivity contribution in [1.82, 2.24) is 0 Å². The number of hydrazone groups is 1. The molecule has 0 unspecified atom stereocenters. The topological polar surface area (TPSA) is 109 Å². The van der Waals surface area contributed by atoms with Gasteiger partial charge in [-0.25, -0.2) is 4.79 Å². The molecule has 0 aliphatic heterocycles. The molecule has 0 spiro atoms. The normalized spacial score (nSPS) is 9.75. The van der Waals surface area contributed by atoms with Gasteiger partial charge >= 0.3 is 5.97 Å². The number of nitrogens with zero attached hydrogens (tertiary/aromatic N) is 3. The Bertz CT molecular complexity index is 871. The first kappa shape index (κ1) is 16.5. The fraction of sp³-hybridized carbons (Fsp3) is 0. The molecule has 0 fully saturated rings. The van der Waals surface area contributed by atoms with E-state index in [-0.39, 0.29) is 11.1 Å². The molecule has 0 bridgehead atoms. The molecule has 0 radical (unpaired) electrons. The smallest absolute Gasteiger partial charge is 0.337 e. The van der Waals surface area contributed by atoms with E-state index < -0.39 is 5.97 Å². The van der Waals surface area contributed by atoms with Gasteiger partial charge in [-0.2, -0.15) is 15.6 Å². The summed E-state index contributed by atoms with van der Waals surface area (Å²) in [6.45, 7) is 0. The molecule has 0 amide bonds. The van der Waals surface area contributed by atoms with E-state index in [2.05, 4.69) is 10.5 Å². The van der Waals surface area contributed by atoms with Gasteiger partial charge in [-0.1, -0.05) is 42.5 Å². The molecule has 6 heteroatoms. The minimum atomic E-state index is -1.08. The molecule has 0 aliphatic rings. The van der Waals surface area contributed by atoms with Gasteiger partial charge < -0.3 is 5.11 Å². The number of carboxylic acid groups (broad SMARTS) is 1. The number of nitrogens with one attached hydrogen (secondary N) is 1. The lowest BCUT2D eigenvalue weighted by Gasteiger charge is -2.05. The Balaban J connectivity index is 2.35. The van der Waals surface area contributed by atoms with Crippen molar-refractivity contribution in [3.05, 3.63) is 71.3 Å². The van der Waals surface area contributed by atoms with E-state index in [1.807, 2.05) is 18.2 Å². The fourth-order valence-corrected chi connectivity index (χ4v) is 1.98. The summed E-state index contributed by atoms with van der Waals surface area (Å²) in [7, 11) is 0. The van der Waals surface area contributed by atoms with Crippen LogP contribution < -0.4 is 5.43 Å². The first-order valence-electron chi connectivity index (χ1n) is 6.88. The van der Waals surface area contributed by atoms with Crippen molar-refractivity contribution >= 4 is 23.4 Å². The number of nitriles is 2. The van der Waals surface area contributed by atoms with Crippen molar-refractivity contribution in [2.75, 3.05) is 5.43 Å². The minimum Gasteiger partial charge on any atom is -0.478 e. The van der Waals surface area contributed by atoms with Crippen molar-refractivity contribution in [3.8, 4) is 12.1 Å². The highest BCUT2D eigenvalue weighted by atomic mass is 16.4. The number of rotatable bonds is 5. The van der Waals surface area contributed by atoms with Crippen LogP contribution in [-0.4, -0.2) is 17.3 Å². The minimum absolute atomic E-state index is 0.0701. The predicted molar refractivity (Wildman–Crippen MR) is 90.1 cm³/mol. The summed E-state index contributed by atoms with van der Waals surface area (Å²) in [5, 5.41) is 31.3. The number of para-hydroxylation sites is 1. The number of carboxylic acids is 1. The maximum Gasteiger partial charge on any atom is 0.337 e. The van der Waals surface area contributed by atoms with Crippen LogP contribution in [0.4, 0.5) is 5.69 Å². The molecule has 2 N–H and O–H groups in total. The summed E-state index contributed by atoms with van der Waals surface area (Å²) in [4.78, 5) is 11.2. The Kier molecular flexibility index (Phi) is 5.44. The van der Waals surface area contributed by atoms with Crippen LogP contribution >= 0.6 is 0 Å². The van der Waals surface area contributed by atoms with Crippen molar-refractivity contribution in [3.63, 3.8) is 0 Å². The average Bonchev–Trinajstić information content (AvgIpc) is 2.62. The highest BCUT2D eigenvalue weighted by Crippen LogP contribution is 2.18. The van der Waals surface area contributed by atoms with E-state index in [0.29, 0.717) is 16.8 Å². The third-order valence-electron chi connectivity index (χ3n) is 3.11. The van der Waals surface area contributed by atoms with Gasteiger partial charge in [0.2, 0.25) is 0 Å². The van der Waals surface area contributed by atoms with Gasteiger partial charge in [0.1, 0.15) is 17.7 Å². The first-order valence-corrected chi connectivity index (χ1v) is 6.88. The molecule has 6 nitrogen and oxygen atoms in total. The number of anilines is 1. The lowest BCUT2D eigenvalue weighted by Crippen LogP contribution is -2.02. The molecule has 116 valence electrons. The van der Waals surface area contributed by atoms with E-state index in [0.717, 1.165) is 0 Å². The first-order chi connectivity index (χ1) is 11.7. The monoisotopic (exact) mass is 316 g/mol. The lowest BCUT2D eigenvalue weighted by molar-refractivity contribution is 0.0698. The molecule has 2 aromatic carbocycles. The third kappa shape index (κ3) is 3.85. The zero-order valence-corrected chi connectivity index (χ0v) is 12.5. The standard InChI is InChI=1S/C18H12N4O2/c19-10-14(11-20)16(13-6-2-1-3-7-13)12-21-22-17-9-5-4-8-15(17)18(23)24/h1-9,12,22H,(H,23,24)/b21-12+. The van der Waals surface area contributed by atoms with Crippen LogP contribution in [0.2, 0.25) is 0 Å². The molecular weight excluding hydrogens is 304 g/mol. The van der Waals surface area contributed by atoms with E-state index in [1.165, 1.54) is 12.3 Å². The summed E-state index contributed by atoms with van der Waals surface area (Å²) in [5.74, 6) is -1.08. The van der Waals surface area contributed by atoms with E-state index in [4.69, 9.17) is 15.6 Å². The Morgan fingerprint density at radius 1 is 1.04 bits per heavy atom. The van der Waals surface area contributed by atoms with Crippen molar-refractivity contribution in [2.45, 2.75) is 0 Å². The molecule has 0 atom stereocenters. The van der Waals surface area contributed by atoms with E-state index in [9.17, 15) is 4.79 Å². The van der Waals surface area contributed by atoms with E-state index in [1.54, 1.807) is 42.5 Å². The second-order valence-electron chi connectivity index (χ2n) is 4.60. The number of hydrogen-bond donors (Lipinski definition) is 2. The van der Waals surface area contributed by atoms with Crippen LogP contribution in [0, 0.1) is 22.7 Å². The van der Waals surface area contributed by atoms with Crippen LogP contribution in [0.5, 0.6) is 0 Å². The molecule has 2 rings (SSSR count). The second kappa shape index (κ2) is 7.92. The fourth-order valence-electron chi connectivity index (χ4n) is 1.98. The summed E-state index contributed by atoms with van der Waals surface area (Å²) >= 11 is 0. The summed E-state index contributed by atoms with van der Waals surface area (Å²) in [5.41, 5.74) is 3.94. The molecule has 0 aliphatic carbocycles. The molecule has 24 heavy (non-hydrogen) atoms. The molecule has 0 heterocycles.